The summed E-state index contributed by atoms with van der Waals surface area (Å²) in [7, 11) is 1.36. The number of halogens is 2. The lowest BCUT2D eigenvalue weighted by Crippen LogP contribution is -2.48. The summed E-state index contributed by atoms with van der Waals surface area (Å²) in [6.45, 7) is 4.59. The number of allylic oxidation sites excluding steroid dienone is 1. The molecule has 2 aromatic rings. The number of ether oxygens (including phenoxy) is 1. The van der Waals surface area contributed by atoms with E-state index in [2.05, 4.69) is 10.6 Å². The quantitative estimate of drug-likeness (QED) is 0.420. The molecule has 6 nitrogen and oxygen atoms in total. The van der Waals surface area contributed by atoms with Crippen molar-refractivity contribution < 1.29 is 14.3 Å². The highest BCUT2D eigenvalue weighted by molar-refractivity contribution is 7.80. The highest BCUT2D eigenvalue weighted by atomic mass is 35.5. The Balaban J connectivity index is 1.89. The van der Waals surface area contributed by atoms with E-state index in [0.717, 1.165) is 11.3 Å². The summed E-state index contributed by atoms with van der Waals surface area (Å²) in [5.41, 5.74) is 3.08. The highest BCUT2D eigenvalue weighted by Crippen LogP contribution is 2.33. The highest BCUT2D eigenvalue weighted by Gasteiger charge is 2.35. The van der Waals surface area contributed by atoms with Crippen molar-refractivity contribution in [1.82, 2.24) is 10.2 Å². The predicted octanol–water partition coefficient (Wildman–Crippen LogP) is 5.33. The van der Waals surface area contributed by atoms with Gasteiger partial charge in [0, 0.05) is 23.0 Å². The van der Waals surface area contributed by atoms with Crippen molar-refractivity contribution in [2.24, 2.45) is 0 Å². The minimum atomic E-state index is -0.455. The Morgan fingerprint density at radius 1 is 1.16 bits per heavy atom. The first-order valence-electron chi connectivity index (χ1n) is 10.1. The van der Waals surface area contributed by atoms with E-state index in [4.69, 9.17) is 40.2 Å². The van der Waals surface area contributed by atoms with Crippen LogP contribution in [-0.4, -0.2) is 35.5 Å². The van der Waals surface area contributed by atoms with Crippen LogP contribution in [0.2, 0.25) is 10.0 Å². The monoisotopic (exact) mass is 491 g/mol. The maximum absolute atomic E-state index is 12.6. The Bertz CT molecular complexity index is 1090. The van der Waals surface area contributed by atoms with E-state index in [1.165, 1.54) is 13.2 Å². The van der Waals surface area contributed by atoms with Crippen molar-refractivity contribution in [2.45, 2.75) is 26.3 Å². The molecule has 0 saturated carbocycles. The van der Waals surface area contributed by atoms with Crippen LogP contribution in [0.5, 0.6) is 0 Å². The number of hydrogen-bond donors (Lipinski definition) is 2. The number of thiocarbonyl (C=S) groups is 1. The van der Waals surface area contributed by atoms with E-state index in [1.807, 2.05) is 30.9 Å². The number of amides is 1. The number of hydrogen-bond acceptors (Lipinski definition) is 4. The third-order valence-corrected chi connectivity index (χ3v) is 6.06. The number of nitrogens with zero attached hydrogens (tertiary/aromatic N) is 1. The molecule has 3 rings (SSSR count). The summed E-state index contributed by atoms with van der Waals surface area (Å²) in [6, 6.07) is 11.4. The van der Waals surface area contributed by atoms with E-state index in [0.29, 0.717) is 39.9 Å². The number of carbonyl (C=O) groups excluding carboxylic acids is 2. The van der Waals surface area contributed by atoms with Crippen molar-refractivity contribution >= 4 is 58.1 Å². The summed E-state index contributed by atoms with van der Waals surface area (Å²) in [5.74, 6) is -0.756. The second-order valence-corrected chi connectivity index (χ2v) is 8.26. The van der Waals surface area contributed by atoms with Crippen LogP contribution in [-0.2, 0) is 9.53 Å². The van der Waals surface area contributed by atoms with Gasteiger partial charge in [-0.05, 0) is 61.5 Å². The van der Waals surface area contributed by atoms with Crippen molar-refractivity contribution in [2.75, 3.05) is 19.0 Å². The van der Waals surface area contributed by atoms with Crippen LogP contribution >= 0.6 is 35.4 Å². The van der Waals surface area contributed by atoms with Gasteiger partial charge in [-0.2, -0.15) is 0 Å². The van der Waals surface area contributed by atoms with E-state index >= 15 is 0 Å². The number of anilines is 1. The van der Waals surface area contributed by atoms with Gasteiger partial charge >= 0.3 is 5.97 Å². The van der Waals surface area contributed by atoms with E-state index in [1.54, 1.807) is 24.3 Å². The average Bonchev–Trinajstić information content (AvgIpc) is 2.78. The Labute approximate surface area is 202 Å². The van der Waals surface area contributed by atoms with E-state index < -0.39 is 12.0 Å². The van der Waals surface area contributed by atoms with Gasteiger partial charge in [0.05, 0.1) is 29.3 Å². The molecule has 32 heavy (non-hydrogen) atoms. The molecule has 1 atom stereocenters. The number of benzene rings is 2. The van der Waals surface area contributed by atoms with Crippen LogP contribution in [0.4, 0.5) is 5.69 Å². The first-order valence-corrected chi connectivity index (χ1v) is 11.2. The smallest absolute Gasteiger partial charge is 0.337 e. The number of carbonyl (C=O) groups is 2. The standard InChI is InChI=1S/C23H23Cl2N3O3S/c1-4-18-19(22(30)31-3)20(27-23(32)28(18)5-2)13-6-9-15(10-7-13)26-21(29)16-11-8-14(24)12-17(16)25/h6-12,20H,4-5H2,1-3H3,(H,26,29)(H,27,32)/t20-/m0/s1. The Kier molecular flexibility index (Phi) is 7.77. The van der Waals surface area contributed by atoms with Crippen LogP contribution < -0.4 is 10.6 Å². The average molecular weight is 492 g/mol. The van der Waals surface area contributed by atoms with Gasteiger partial charge in [-0.15, -0.1) is 0 Å². The zero-order valence-corrected chi connectivity index (χ0v) is 20.2. The molecular weight excluding hydrogens is 469 g/mol. The lowest BCUT2D eigenvalue weighted by molar-refractivity contribution is -0.136. The topological polar surface area (TPSA) is 70.7 Å². The maximum atomic E-state index is 12.6. The summed E-state index contributed by atoms with van der Waals surface area (Å²) >= 11 is 17.5. The fraction of sp³-hybridized carbons (Fsp3) is 0.261. The molecule has 0 fully saturated rings. The molecule has 9 heteroatoms. The Morgan fingerprint density at radius 2 is 1.84 bits per heavy atom. The fourth-order valence-electron chi connectivity index (χ4n) is 3.65. The molecule has 2 N–H and O–H groups in total. The van der Waals surface area contributed by atoms with Gasteiger partial charge in [-0.1, -0.05) is 42.3 Å². The largest absolute Gasteiger partial charge is 0.466 e. The number of methoxy groups -OCH3 is 1. The third kappa shape index (κ3) is 4.90. The van der Waals surface area contributed by atoms with Gasteiger partial charge in [-0.25, -0.2) is 4.79 Å². The van der Waals surface area contributed by atoms with Crippen molar-refractivity contribution in [3.63, 3.8) is 0 Å². The number of esters is 1. The van der Waals surface area contributed by atoms with Gasteiger partial charge in [0.25, 0.3) is 5.91 Å². The van der Waals surface area contributed by atoms with Crippen LogP contribution in [0.3, 0.4) is 0 Å². The minimum absolute atomic E-state index is 0.270. The van der Waals surface area contributed by atoms with Crippen molar-refractivity contribution in [3.05, 3.63) is 74.9 Å². The number of rotatable bonds is 6. The molecule has 1 aliphatic heterocycles. The van der Waals surface area contributed by atoms with Crippen LogP contribution in [0.25, 0.3) is 0 Å². The van der Waals surface area contributed by atoms with E-state index in [9.17, 15) is 9.59 Å². The molecule has 0 aromatic heterocycles. The third-order valence-electron chi connectivity index (χ3n) is 5.17. The molecule has 0 bridgehead atoms. The lowest BCUT2D eigenvalue weighted by Gasteiger charge is -2.38. The second-order valence-electron chi connectivity index (χ2n) is 7.03. The molecule has 0 spiro atoms. The summed E-state index contributed by atoms with van der Waals surface area (Å²) < 4.78 is 5.06. The molecule has 1 aliphatic rings. The molecule has 0 aliphatic carbocycles. The van der Waals surface area contributed by atoms with Crippen molar-refractivity contribution in [3.8, 4) is 0 Å². The van der Waals surface area contributed by atoms with Crippen LogP contribution in [0, 0.1) is 0 Å². The maximum Gasteiger partial charge on any atom is 0.337 e. The zero-order chi connectivity index (χ0) is 23.4. The Morgan fingerprint density at radius 3 is 2.41 bits per heavy atom. The van der Waals surface area contributed by atoms with Gasteiger partial charge in [0.2, 0.25) is 0 Å². The normalized spacial score (nSPS) is 16.0. The molecule has 1 heterocycles. The first kappa shape index (κ1) is 24.0. The van der Waals surface area contributed by atoms with Gasteiger partial charge in [-0.3, -0.25) is 4.79 Å². The minimum Gasteiger partial charge on any atom is -0.466 e. The lowest BCUT2D eigenvalue weighted by atomic mass is 9.93. The van der Waals surface area contributed by atoms with Crippen LogP contribution in [0.15, 0.2) is 53.7 Å². The first-order chi connectivity index (χ1) is 15.3. The molecule has 1 amide bonds. The second kappa shape index (κ2) is 10.3. The molecule has 0 radical (unpaired) electrons. The fourth-order valence-corrected chi connectivity index (χ4v) is 4.50. The molecule has 0 saturated heterocycles. The summed E-state index contributed by atoms with van der Waals surface area (Å²) in [4.78, 5) is 27.1. The summed E-state index contributed by atoms with van der Waals surface area (Å²) in [6.07, 6.45) is 0.632. The predicted molar refractivity (Wildman–Crippen MR) is 131 cm³/mol. The molecule has 2 aromatic carbocycles. The number of nitrogens with one attached hydrogen (secondary N) is 2. The van der Waals surface area contributed by atoms with Gasteiger partial charge in [0.1, 0.15) is 0 Å². The SMILES string of the molecule is CCC1=C(C(=O)OC)[C@H](c2ccc(NC(=O)c3ccc(Cl)cc3Cl)cc2)NC(=S)N1CC. The van der Waals surface area contributed by atoms with Gasteiger partial charge < -0.3 is 20.3 Å². The molecule has 0 unspecified atom stereocenters. The molecular formula is C23H23Cl2N3O3S. The van der Waals surface area contributed by atoms with Gasteiger partial charge in [0.15, 0.2) is 5.11 Å². The Hall–Kier alpha value is -2.61. The zero-order valence-electron chi connectivity index (χ0n) is 17.9. The van der Waals surface area contributed by atoms with Crippen molar-refractivity contribution in [1.29, 1.82) is 0 Å². The summed E-state index contributed by atoms with van der Waals surface area (Å²) in [5, 5.41) is 7.34. The van der Waals surface area contributed by atoms with Crippen LogP contribution in [0.1, 0.15) is 42.2 Å². The molecule has 168 valence electrons. The van der Waals surface area contributed by atoms with E-state index in [-0.39, 0.29) is 10.9 Å².